The first-order valence-corrected chi connectivity index (χ1v) is 10.2. The Labute approximate surface area is 186 Å². The standard InChI is InChI=1S/2C13H10.2CHNO/c2*1-4-10-6-2-8-12-9-3-7-11(5-1)13(10)12;2*2-1-3/h2*1-8H,9H2;2*2H. The van der Waals surface area contributed by atoms with Crippen LogP contribution in [-0.2, 0) is 22.4 Å². The first-order valence-electron chi connectivity index (χ1n) is 10.2. The van der Waals surface area contributed by atoms with Crippen LogP contribution in [0.3, 0.4) is 0 Å². The van der Waals surface area contributed by atoms with Crippen molar-refractivity contribution in [1.82, 2.24) is 0 Å². The molecule has 2 N–H and O–H groups in total. The van der Waals surface area contributed by atoms with Gasteiger partial charge in [-0.25, -0.2) is 20.4 Å². The van der Waals surface area contributed by atoms with Gasteiger partial charge in [0.25, 0.3) is 0 Å². The molecule has 2 aliphatic carbocycles. The van der Waals surface area contributed by atoms with Gasteiger partial charge in [0.15, 0.2) is 0 Å². The van der Waals surface area contributed by atoms with Crippen molar-refractivity contribution in [3.8, 4) is 0 Å². The van der Waals surface area contributed by atoms with Gasteiger partial charge in [0.05, 0.1) is 0 Å². The Hall–Kier alpha value is -4.36. The quantitative estimate of drug-likeness (QED) is 0.248. The molecule has 32 heavy (non-hydrogen) atoms. The molecule has 6 rings (SSSR count). The average molecular weight is 418 g/mol. The molecule has 0 radical (unpaired) electrons. The first-order chi connectivity index (χ1) is 15.7. The van der Waals surface area contributed by atoms with Crippen molar-refractivity contribution in [2.24, 2.45) is 0 Å². The highest BCUT2D eigenvalue weighted by atomic mass is 16.1. The van der Waals surface area contributed by atoms with Gasteiger partial charge in [-0.3, -0.25) is 0 Å². The zero-order chi connectivity index (χ0) is 22.8. The highest BCUT2D eigenvalue weighted by molar-refractivity contribution is 5.95. The zero-order valence-corrected chi connectivity index (χ0v) is 17.5. The predicted octanol–water partition coefficient (Wildman–Crippen LogP) is 6.62. The Morgan fingerprint density at radius 2 is 0.906 bits per heavy atom. The fourth-order valence-electron chi connectivity index (χ4n) is 4.14. The lowest BCUT2D eigenvalue weighted by Gasteiger charge is -2.11. The number of isocyanates is 2. The van der Waals surface area contributed by atoms with Gasteiger partial charge >= 0.3 is 0 Å². The van der Waals surface area contributed by atoms with Crippen molar-refractivity contribution >= 4 is 45.9 Å². The second kappa shape index (κ2) is 11.1. The molecule has 0 saturated heterocycles. The minimum absolute atomic E-state index is 0.750. The normalized spacial score (nSPS) is 11.5. The Morgan fingerprint density at radius 3 is 1.28 bits per heavy atom. The van der Waals surface area contributed by atoms with E-state index in [2.05, 4.69) is 97.1 Å². The van der Waals surface area contributed by atoms with Gasteiger partial charge in [0, 0.05) is 0 Å². The first kappa shape index (κ1) is 22.3. The summed E-state index contributed by atoms with van der Waals surface area (Å²) >= 11 is 0. The number of allylic oxidation sites excluding steroid dienone is 2. The molecule has 0 fully saturated rings. The minimum Gasteiger partial charge on any atom is -0.222 e. The van der Waals surface area contributed by atoms with E-state index in [0.717, 1.165) is 25.0 Å². The van der Waals surface area contributed by atoms with Crippen molar-refractivity contribution < 1.29 is 9.59 Å². The van der Waals surface area contributed by atoms with Crippen LogP contribution >= 0.6 is 0 Å². The second-order valence-corrected chi connectivity index (χ2v) is 7.14. The molecule has 0 atom stereocenters. The Morgan fingerprint density at radius 1 is 0.562 bits per heavy atom. The minimum atomic E-state index is 0.750. The van der Waals surface area contributed by atoms with Crippen LogP contribution in [0.5, 0.6) is 0 Å². The van der Waals surface area contributed by atoms with Crippen molar-refractivity contribution in [2.45, 2.75) is 12.8 Å². The number of carbonyl (C=O) groups excluding carboxylic acids is 2. The highest BCUT2D eigenvalue weighted by Gasteiger charge is 2.07. The third-order valence-electron chi connectivity index (χ3n) is 5.32. The van der Waals surface area contributed by atoms with Crippen molar-refractivity contribution in [1.29, 1.82) is 10.8 Å². The molecule has 0 aromatic heterocycles. The molecular formula is C28H22N2O2. The van der Waals surface area contributed by atoms with Crippen molar-refractivity contribution in [2.75, 3.05) is 0 Å². The number of rotatable bonds is 0. The van der Waals surface area contributed by atoms with Gasteiger partial charge in [-0.15, -0.1) is 0 Å². The molecule has 0 spiro atoms. The fraction of sp³-hybridized carbons (Fsp3) is 0.0714. The van der Waals surface area contributed by atoms with Crippen molar-refractivity contribution in [3.63, 3.8) is 0 Å². The topological polar surface area (TPSA) is 81.8 Å². The summed E-state index contributed by atoms with van der Waals surface area (Å²) in [6.07, 6.45) is 12.6. The third kappa shape index (κ3) is 5.03. The smallest absolute Gasteiger partial charge is 0.222 e. The molecule has 4 nitrogen and oxygen atoms in total. The van der Waals surface area contributed by atoms with E-state index in [1.54, 1.807) is 0 Å². The second-order valence-electron chi connectivity index (χ2n) is 7.14. The van der Waals surface area contributed by atoms with E-state index >= 15 is 0 Å². The molecule has 4 aromatic carbocycles. The molecular weight excluding hydrogens is 396 g/mol. The summed E-state index contributed by atoms with van der Waals surface area (Å²) in [5.41, 5.74) is 5.63. The van der Waals surface area contributed by atoms with Crippen LogP contribution in [0.15, 0.2) is 84.9 Å². The summed E-state index contributed by atoms with van der Waals surface area (Å²) in [4.78, 5) is 16.7. The van der Waals surface area contributed by atoms with Gasteiger partial charge in [0.2, 0.25) is 12.2 Å². The molecule has 0 aliphatic heterocycles. The van der Waals surface area contributed by atoms with Crippen LogP contribution in [0.25, 0.3) is 33.7 Å². The molecule has 156 valence electrons. The predicted molar refractivity (Wildman–Crippen MR) is 130 cm³/mol. The Bertz CT molecular complexity index is 1250. The number of hydrogen-bond acceptors (Lipinski definition) is 4. The average Bonchev–Trinajstić information content (AvgIpc) is 2.82. The van der Waals surface area contributed by atoms with Crippen LogP contribution in [0, 0.1) is 10.8 Å². The maximum absolute atomic E-state index is 8.35. The van der Waals surface area contributed by atoms with Crippen LogP contribution in [0.2, 0.25) is 0 Å². The van der Waals surface area contributed by atoms with Gasteiger partial charge in [-0.05, 0) is 56.6 Å². The summed E-state index contributed by atoms with van der Waals surface area (Å²) in [5.74, 6) is 0. The van der Waals surface area contributed by atoms with E-state index < -0.39 is 0 Å². The summed E-state index contributed by atoms with van der Waals surface area (Å²) in [7, 11) is 0. The Kier molecular flexibility index (Phi) is 7.78. The zero-order valence-electron chi connectivity index (χ0n) is 17.5. The summed E-state index contributed by atoms with van der Waals surface area (Å²) in [6, 6.07) is 26.1. The van der Waals surface area contributed by atoms with Gasteiger partial charge in [-0.2, -0.15) is 0 Å². The van der Waals surface area contributed by atoms with Gasteiger partial charge < -0.3 is 0 Å². The van der Waals surface area contributed by atoms with Crippen LogP contribution < -0.4 is 0 Å². The number of benzene rings is 4. The van der Waals surface area contributed by atoms with E-state index in [-0.39, 0.29) is 0 Å². The van der Waals surface area contributed by atoms with Gasteiger partial charge in [-0.1, -0.05) is 97.1 Å². The molecule has 0 amide bonds. The summed E-state index contributed by atoms with van der Waals surface area (Å²) in [6.45, 7) is 0. The largest absolute Gasteiger partial charge is 0.231 e. The van der Waals surface area contributed by atoms with Crippen LogP contribution in [-0.4, -0.2) is 12.2 Å². The van der Waals surface area contributed by atoms with Gasteiger partial charge in [0.1, 0.15) is 0 Å². The van der Waals surface area contributed by atoms with Crippen LogP contribution in [0.4, 0.5) is 0 Å². The van der Waals surface area contributed by atoms with E-state index in [9.17, 15) is 0 Å². The summed E-state index contributed by atoms with van der Waals surface area (Å²) < 4.78 is 0. The van der Waals surface area contributed by atoms with E-state index in [4.69, 9.17) is 20.4 Å². The van der Waals surface area contributed by atoms with E-state index in [1.807, 2.05) is 0 Å². The summed E-state index contributed by atoms with van der Waals surface area (Å²) in [5, 5.41) is 16.4. The molecule has 2 aliphatic rings. The molecule has 0 saturated carbocycles. The molecule has 4 heteroatoms. The van der Waals surface area contributed by atoms with Crippen molar-refractivity contribution in [3.05, 3.63) is 107 Å². The molecule has 0 bridgehead atoms. The number of nitrogens with one attached hydrogen (secondary N) is 2. The lowest BCUT2D eigenvalue weighted by atomic mass is 9.93. The molecule has 0 unspecified atom stereocenters. The maximum Gasteiger partial charge on any atom is 0.231 e. The third-order valence-corrected chi connectivity index (χ3v) is 5.32. The monoisotopic (exact) mass is 418 g/mol. The lowest BCUT2D eigenvalue weighted by Crippen LogP contribution is -1.91. The molecule has 4 aromatic rings. The highest BCUT2D eigenvalue weighted by Crippen LogP contribution is 2.28. The van der Waals surface area contributed by atoms with E-state index in [1.165, 1.54) is 43.8 Å². The fourth-order valence-corrected chi connectivity index (χ4v) is 4.14. The number of hydrogen-bond donors (Lipinski definition) is 2. The SMILES string of the molecule is C1=Cc2cccc3cccc(c23)C1.C1=Cc2cccc3cccc(c23)C1.N=C=O.N=C=O. The molecule has 0 heterocycles. The van der Waals surface area contributed by atoms with E-state index in [0.29, 0.717) is 0 Å². The maximum atomic E-state index is 8.35. The van der Waals surface area contributed by atoms with Crippen LogP contribution in [0.1, 0.15) is 22.3 Å². The Balaban J connectivity index is 0.000000146. The lowest BCUT2D eigenvalue weighted by molar-refractivity contribution is 0.562.